The molecule has 110 valence electrons. The second-order valence-electron chi connectivity index (χ2n) is 4.49. The van der Waals surface area contributed by atoms with Gasteiger partial charge in [0, 0.05) is 21.8 Å². The summed E-state index contributed by atoms with van der Waals surface area (Å²) in [6.45, 7) is 3.65. The lowest BCUT2D eigenvalue weighted by Gasteiger charge is -2.12. The van der Waals surface area contributed by atoms with Crippen molar-refractivity contribution < 1.29 is 5.11 Å². The number of benzene rings is 2. The Morgan fingerprint density at radius 2 is 1.81 bits per heavy atom. The van der Waals surface area contributed by atoms with Gasteiger partial charge in [-0.1, -0.05) is 34.8 Å². The second kappa shape index (κ2) is 6.57. The number of halogens is 4. The Kier molecular flexibility index (Phi) is 5.20. The summed E-state index contributed by atoms with van der Waals surface area (Å²) < 4.78 is 0.553. The van der Waals surface area contributed by atoms with Crippen molar-refractivity contribution in [2.24, 2.45) is 4.99 Å². The third kappa shape index (κ3) is 3.37. The molecule has 0 heterocycles. The van der Waals surface area contributed by atoms with Crippen LogP contribution in [0.25, 0.3) is 0 Å². The molecule has 0 saturated carbocycles. The molecule has 6 heteroatoms. The van der Waals surface area contributed by atoms with E-state index in [2.05, 4.69) is 20.9 Å². The van der Waals surface area contributed by atoms with Crippen molar-refractivity contribution in [2.75, 3.05) is 0 Å². The highest BCUT2D eigenvalue weighted by molar-refractivity contribution is 9.10. The van der Waals surface area contributed by atoms with Gasteiger partial charge in [-0.2, -0.15) is 0 Å². The van der Waals surface area contributed by atoms with Crippen LogP contribution in [0.2, 0.25) is 15.1 Å². The van der Waals surface area contributed by atoms with Crippen molar-refractivity contribution in [3.63, 3.8) is 0 Å². The summed E-state index contributed by atoms with van der Waals surface area (Å²) >= 11 is 21.6. The molecule has 2 aromatic rings. The summed E-state index contributed by atoms with van der Waals surface area (Å²) in [5.41, 5.74) is 2.59. The summed E-state index contributed by atoms with van der Waals surface area (Å²) in [5.74, 6) is 0.0938. The molecule has 0 spiro atoms. The summed E-state index contributed by atoms with van der Waals surface area (Å²) in [5, 5.41) is 11.8. The molecule has 0 aromatic heterocycles. The van der Waals surface area contributed by atoms with Crippen LogP contribution < -0.4 is 0 Å². The van der Waals surface area contributed by atoms with E-state index < -0.39 is 0 Å². The predicted molar refractivity (Wildman–Crippen MR) is 94.0 cm³/mol. The summed E-state index contributed by atoms with van der Waals surface area (Å²) in [6.07, 6.45) is 1.53. The molecule has 2 nitrogen and oxygen atoms in total. The fraction of sp³-hybridized carbons (Fsp3) is 0.133. The molecule has 2 rings (SSSR count). The minimum absolute atomic E-state index is 0.0938. The normalized spacial score (nSPS) is 11.3. The molecule has 0 fully saturated rings. The quantitative estimate of drug-likeness (QED) is 0.568. The molecule has 21 heavy (non-hydrogen) atoms. The molecular weight excluding hydrogens is 396 g/mol. The van der Waals surface area contributed by atoms with Crippen LogP contribution in [-0.4, -0.2) is 11.3 Å². The molecule has 0 amide bonds. The first-order chi connectivity index (χ1) is 9.82. The lowest BCUT2D eigenvalue weighted by atomic mass is 10.0. The molecule has 0 aliphatic heterocycles. The molecular formula is C15H11BrCl3NO. The number of aliphatic imine (C=N–C) groups is 1. The number of hydrogen-bond acceptors (Lipinski definition) is 2. The molecule has 0 aliphatic rings. The third-order valence-corrected chi connectivity index (χ3v) is 5.19. The summed E-state index contributed by atoms with van der Waals surface area (Å²) in [7, 11) is 0. The van der Waals surface area contributed by atoms with E-state index in [1.807, 2.05) is 13.8 Å². The third-order valence-electron chi connectivity index (χ3n) is 3.10. The highest BCUT2D eigenvalue weighted by atomic mass is 79.9. The average molecular weight is 408 g/mol. The van der Waals surface area contributed by atoms with Gasteiger partial charge in [-0.15, -0.1) is 0 Å². The minimum Gasteiger partial charge on any atom is -0.506 e. The minimum atomic E-state index is 0.0938. The summed E-state index contributed by atoms with van der Waals surface area (Å²) in [6, 6.07) is 5.00. The van der Waals surface area contributed by atoms with E-state index in [9.17, 15) is 5.11 Å². The van der Waals surface area contributed by atoms with Crippen LogP contribution in [-0.2, 0) is 0 Å². The largest absolute Gasteiger partial charge is 0.506 e. The first-order valence-electron chi connectivity index (χ1n) is 5.99. The average Bonchev–Trinajstić information content (AvgIpc) is 2.46. The molecule has 0 unspecified atom stereocenters. The van der Waals surface area contributed by atoms with Crippen molar-refractivity contribution >= 4 is 62.6 Å². The van der Waals surface area contributed by atoms with Gasteiger partial charge in [0.05, 0.1) is 15.2 Å². The van der Waals surface area contributed by atoms with Crippen LogP contribution in [0.4, 0.5) is 5.69 Å². The van der Waals surface area contributed by atoms with Crippen molar-refractivity contribution in [3.05, 3.63) is 54.4 Å². The van der Waals surface area contributed by atoms with Gasteiger partial charge in [0.2, 0.25) is 0 Å². The smallest absolute Gasteiger partial charge is 0.139 e. The Labute approximate surface area is 146 Å². The van der Waals surface area contributed by atoms with E-state index in [0.717, 1.165) is 11.1 Å². The number of aromatic hydroxyl groups is 1. The predicted octanol–water partition coefficient (Wildman–Crippen LogP) is 6.48. The number of phenolic OH excluding ortho intramolecular Hbond substituents is 1. The Morgan fingerprint density at radius 1 is 1.14 bits per heavy atom. The standard InChI is InChI=1S/C15H11BrCl3NO/c1-7-10(15(21)13(16)8(2)14(7)19)6-20-12-5-9(17)3-4-11(12)18/h3-6,21H,1-2H3. The maximum absolute atomic E-state index is 10.2. The van der Waals surface area contributed by atoms with Gasteiger partial charge < -0.3 is 5.11 Å². The number of rotatable bonds is 2. The molecule has 0 radical (unpaired) electrons. The fourth-order valence-electron chi connectivity index (χ4n) is 1.85. The fourth-order valence-corrected chi connectivity index (χ4v) is 2.90. The highest BCUT2D eigenvalue weighted by Gasteiger charge is 2.15. The van der Waals surface area contributed by atoms with Crippen LogP contribution in [0.15, 0.2) is 27.7 Å². The van der Waals surface area contributed by atoms with Crippen LogP contribution in [0.3, 0.4) is 0 Å². The maximum atomic E-state index is 10.2. The number of phenols is 1. The van der Waals surface area contributed by atoms with Gasteiger partial charge >= 0.3 is 0 Å². The highest BCUT2D eigenvalue weighted by Crippen LogP contribution is 2.38. The van der Waals surface area contributed by atoms with E-state index >= 15 is 0 Å². The van der Waals surface area contributed by atoms with E-state index in [1.165, 1.54) is 6.21 Å². The molecule has 0 aliphatic carbocycles. The van der Waals surface area contributed by atoms with Gasteiger partial charge in [0.15, 0.2) is 0 Å². The first-order valence-corrected chi connectivity index (χ1v) is 7.91. The Hall–Kier alpha value is -0.740. The number of nitrogens with zero attached hydrogens (tertiary/aromatic N) is 1. The zero-order valence-electron chi connectivity index (χ0n) is 11.2. The van der Waals surface area contributed by atoms with Crippen LogP contribution in [0.5, 0.6) is 5.75 Å². The molecule has 0 bridgehead atoms. The van der Waals surface area contributed by atoms with Gasteiger partial charge in [0.25, 0.3) is 0 Å². The van der Waals surface area contributed by atoms with Gasteiger partial charge in [-0.05, 0) is 59.1 Å². The van der Waals surface area contributed by atoms with Crippen LogP contribution in [0, 0.1) is 13.8 Å². The SMILES string of the molecule is Cc1c(Cl)c(C)c(C=Nc2cc(Cl)ccc2Cl)c(O)c1Br. The van der Waals surface area contributed by atoms with Gasteiger partial charge in [0.1, 0.15) is 5.75 Å². The second-order valence-corrected chi connectivity index (χ2v) is 6.51. The Bertz CT molecular complexity index is 715. The van der Waals surface area contributed by atoms with Crippen molar-refractivity contribution in [1.82, 2.24) is 0 Å². The van der Waals surface area contributed by atoms with E-state index in [1.54, 1.807) is 18.2 Å². The zero-order chi connectivity index (χ0) is 15.7. The molecule has 1 N–H and O–H groups in total. The lowest BCUT2D eigenvalue weighted by molar-refractivity contribution is 0.470. The Balaban J connectivity index is 2.54. The number of hydrogen-bond donors (Lipinski definition) is 1. The Morgan fingerprint density at radius 3 is 2.48 bits per heavy atom. The topological polar surface area (TPSA) is 32.6 Å². The van der Waals surface area contributed by atoms with Crippen molar-refractivity contribution in [1.29, 1.82) is 0 Å². The van der Waals surface area contributed by atoms with E-state index in [0.29, 0.717) is 30.8 Å². The lowest BCUT2D eigenvalue weighted by Crippen LogP contribution is -1.94. The monoisotopic (exact) mass is 405 g/mol. The molecule has 0 saturated heterocycles. The van der Waals surface area contributed by atoms with Crippen molar-refractivity contribution in [3.8, 4) is 5.75 Å². The van der Waals surface area contributed by atoms with Gasteiger partial charge in [-0.25, -0.2) is 0 Å². The van der Waals surface area contributed by atoms with E-state index in [4.69, 9.17) is 34.8 Å². The summed E-state index contributed by atoms with van der Waals surface area (Å²) in [4.78, 5) is 4.29. The maximum Gasteiger partial charge on any atom is 0.139 e. The zero-order valence-corrected chi connectivity index (χ0v) is 15.1. The first kappa shape index (κ1) is 16.6. The molecule has 2 aromatic carbocycles. The van der Waals surface area contributed by atoms with Gasteiger partial charge in [-0.3, -0.25) is 4.99 Å². The van der Waals surface area contributed by atoms with Crippen molar-refractivity contribution in [2.45, 2.75) is 13.8 Å². The van der Waals surface area contributed by atoms with Crippen LogP contribution in [0.1, 0.15) is 16.7 Å². The molecule has 0 atom stereocenters. The van der Waals surface area contributed by atoms with Crippen LogP contribution >= 0.6 is 50.7 Å². The van der Waals surface area contributed by atoms with E-state index in [-0.39, 0.29) is 5.75 Å².